The Morgan fingerprint density at radius 1 is 1.11 bits per heavy atom. The van der Waals surface area contributed by atoms with Crippen LogP contribution in [0, 0.1) is 12.7 Å². The molecule has 2 aromatic carbocycles. The SMILES string of the molecule is Cc1cc(F)cc(CCc2nc(-c3ccc4ncn(C)c(=O)c4c3)c(-c3ccn(C4CC4)n3)[nH]2)c1. The molecule has 1 N–H and O–H groups in total. The quantitative estimate of drug-likeness (QED) is 0.390. The number of halogens is 1. The molecule has 35 heavy (non-hydrogen) atoms. The predicted molar refractivity (Wildman–Crippen MR) is 133 cm³/mol. The number of imidazole rings is 1. The Morgan fingerprint density at radius 2 is 1.97 bits per heavy atom. The molecule has 0 bridgehead atoms. The number of hydrogen-bond donors (Lipinski definition) is 1. The van der Waals surface area contributed by atoms with E-state index in [0.29, 0.717) is 29.8 Å². The summed E-state index contributed by atoms with van der Waals surface area (Å²) >= 11 is 0. The van der Waals surface area contributed by atoms with Crippen LogP contribution in [0.5, 0.6) is 0 Å². The lowest BCUT2D eigenvalue weighted by molar-refractivity contribution is 0.623. The predicted octanol–water partition coefficient (Wildman–Crippen LogP) is 4.75. The van der Waals surface area contributed by atoms with Gasteiger partial charge in [-0.2, -0.15) is 5.10 Å². The first-order chi connectivity index (χ1) is 16.9. The van der Waals surface area contributed by atoms with Gasteiger partial charge in [0.2, 0.25) is 0 Å². The molecule has 0 atom stereocenters. The summed E-state index contributed by atoms with van der Waals surface area (Å²) in [4.78, 5) is 25.5. The molecule has 5 aromatic rings. The van der Waals surface area contributed by atoms with Crippen LogP contribution in [0.2, 0.25) is 0 Å². The summed E-state index contributed by atoms with van der Waals surface area (Å²) in [5.41, 5.74) is 5.56. The molecular formula is C27H25FN6O. The number of benzene rings is 2. The molecule has 0 amide bonds. The van der Waals surface area contributed by atoms with Crippen molar-refractivity contribution in [1.29, 1.82) is 0 Å². The lowest BCUT2D eigenvalue weighted by Crippen LogP contribution is -2.16. The van der Waals surface area contributed by atoms with Gasteiger partial charge in [0.1, 0.15) is 17.3 Å². The number of aromatic nitrogens is 6. The number of nitrogens with one attached hydrogen (secondary N) is 1. The maximum Gasteiger partial charge on any atom is 0.260 e. The fourth-order valence-electron chi connectivity index (χ4n) is 4.53. The largest absolute Gasteiger partial charge is 0.340 e. The molecule has 3 heterocycles. The van der Waals surface area contributed by atoms with Gasteiger partial charge in [0, 0.05) is 25.2 Å². The molecule has 0 saturated heterocycles. The first-order valence-corrected chi connectivity index (χ1v) is 11.8. The minimum Gasteiger partial charge on any atom is -0.340 e. The highest BCUT2D eigenvalue weighted by molar-refractivity contribution is 5.86. The van der Waals surface area contributed by atoms with Gasteiger partial charge in [0.05, 0.1) is 34.7 Å². The highest BCUT2D eigenvalue weighted by Crippen LogP contribution is 2.36. The number of fused-ring (bicyclic) bond motifs is 1. The maximum absolute atomic E-state index is 13.9. The molecule has 1 aliphatic rings. The zero-order valence-electron chi connectivity index (χ0n) is 19.6. The fraction of sp³-hybridized carbons (Fsp3) is 0.259. The average Bonchev–Trinajstić information content (AvgIpc) is 3.41. The zero-order valence-corrected chi connectivity index (χ0v) is 19.6. The summed E-state index contributed by atoms with van der Waals surface area (Å²) in [5, 5.41) is 5.34. The Morgan fingerprint density at radius 3 is 2.77 bits per heavy atom. The Bertz CT molecular complexity index is 1600. The Labute approximate surface area is 201 Å². The molecule has 1 aliphatic carbocycles. The van der Waals surface area contributed by atoms with Crippen molar-refractivity contribution >= 4 is 10.9 Å². The van der Waals surface area contributed by atoms with Gasteiger partial charge in [-0.1, -0.05) is 12.1 Å². The summed E-state index contributed by atoms with van der Waals surface area (Å²) in [7, 11) is 1.69. The van der Waals surface area contributed by atoms with Gasteiger partial charge in [-0.05, 0) is 67.6 Å². The van der Waals surface area contributed by atoms with Gasteiger partial charge in [-0.3, -0.25) is 9.48 Å². The van der Waals surface area contributed by atoms with Crippen molar-refractivity contribution in [3.63, 3.8) is 0 Å². The first kappa shape index (κ1) is 21.5. The molecule has 0 aliphatic heterocycles. The third-order valence-electron chi connectivity index (χ3n) is 6.48. The molecule has 7 nitrogen and oxygen atoms in total. The highest BCUT2D eigenvalue weighted by Gasteiger charge is 2.25. The molecule has 0 spiro atoms. The topological polar surface area (TPSA) is 81.4 Å². The molecular weight excluding hydrogens is 443 g/mol. The number of nitrogens with zero attached hydrogens (tertiary/aromatic N) is 5. The van der Waals surface area contributed by atoms with Gasteiger partial charge in [0.15, 0.2) is 0 Å². The molecule has 1 fully saturated rings. The van der Waals surface area contributed by atoms with E-state index in [1.165, 1.54) is 17.0 Å². The van der Waals surface area contributed by atoms with Crippen molar-refractivity contribution in [3.8, 4) is 22.6 Å². The van der Waals surface area contributed by atoms with Crippen molar-refractivity contribution in [2.45, 2.75) is 38.6 Å². The number of aromatic amines is 1. The van der Waals surface area contributed by atoms with E-state index in [9.17, 15) is 9.18 Å². The van der Waals surface area contributed by atoms with Crippen molar-refractivity contribution in [2.75, 3.05) is 0 Å². The van der Waals surface area contributed by atoms with Crippen LogP contribution >= 0.6 is 0 Å². The summed E-state index contributed by atoms with van der Waals surface area (Å²) in [6.45, 7) is 1.89. The van der Waals surface area contributed by atoms with E-state index in [-0.39, 0.29) is 11.4 Å². The second kappa shape index (κ2) is 8.30. The van der Waals surface area contributed by atoms with Crippen molar-refractivity contribution in [2.24, 2.45) is 7.05 Å². The van der Waals surface area contributed by atoms with E-state index in [1.54, 1.807) is 13.1 Å². The third-order valence-corrected chi connectivity index (χ3v) is 6.48. The molecule has 1 saturated carbocycles. The molecule has 0 unspecified atom stereocenters. The van der Waals surface area contributed by atoms with Crippen molar-refractivity contribution < 1.29 is 4.39 Å². The number of aryl methyl sites for hydroxylation is 4. The standard InChI is InChI=1S/C27H25FN6O/c1-16-11-17(13-19(28)12-16)3-8-24-30-25(26(31-24)23-9-10-34(32-23)20-5-6-20)18-4-7-22-21(14-18)27(35)33(2)15-29-22/h4,7,9-15,20H,3,5-6,8H2,1-2H3,(H,30,31). The maximum atomic E-state index is 13.9. The van der Waals surface area contributed by atoms with Gasteiger partial charge in [0.25, 0.3) is 5.56 Å². The summed E-state index contributed by atoms with van der Waals surface area (Å²) < 4.78 is 17.3. The monoisotopic (exact) mass is 468 g/mol. The van der Waals surface area contributed by atoms with E-state index >= 15 is 0 Å². The summed E-state index contributed by atoms with van der Waals surface area (Å²) in [6.07, 6.45) is 7.11. The number of hydrogen-bond acceptors (Lipinski definition) is 4. The van der Waals surface area contributed by atoms with E-state index in [4.69, 9.17) is 10.1 Å². The molecule has 6 rings (SSSR count). The van der Waals surface area contributed by atoms with Gasteiger partial charge >= 0.3 is 0 Å². The number of rotatable bonds is 6. The second-order valence-electron chi connectivity index (χ2n) is 9.35. The van der Waals surface area contributed by atoms with Crippen LogP contribution in [0.25, 0.3) is 33.5 Å². The smallest absolute Gasteiger partial charge is 0.260 e. The summed E-state index contributed by atoms with van der Waals surface area (Å²) in [5.74, 6) is 0.565. The lowest BCUT2D eigenvalue weighted by Gasteiger charge is -2.04. The highest BCUT2D eigenvalue weighted by atomic mass is 19.1. The van der Waals surface area contributed by atoms with Crippen LogP contribution in [0.15, 0.2) is 59.8 Å². The summed E-state index contributed by atoms with van der Waals surface area (Å²) in [6, 6.07) is 13.2. The third kappa shape index (κ3) is 4.16. The van der Waals surface area contributed by atoms with Crippen molar-refractivity contribution in [1.82, 2.24) is 29.3 Å². The normalized spacial score (nSPS) is 13.6. The van der Waals surface area contributed by atoms with Crippen LogP contribution in [-0.4, -0.2) is 29.3 Å². The second-order valence-corrected chi connectivity index (χ2v) is 9.35. The molecule has 3 aromatic heterocycles. The fourth-order valence-corrected chi connectivity index (χ4v) is 4.53. The lowest BCUT2D eigenvalue weighted by atomic mass is 10.1. The van der Waals surface area contributed by atoms with Crippen molar-refractivity contribution in [3.05, 3.63) is 88.1 Å². The molecule has 176 valence electrons. The Kier molecular flexibility index (Phi) is 5.09. The van der Waals surface area contributed by atoms with Crippen LogP contribution in [0.3, 0.4) is 0 Å². The minimum absolute atomic E-state index is 0.103. The van der Waals surface area contributed by atoms with E-state index in [0.717, 1.165) is 52.4 Å². The first-order valence-electron chi connectivity index (χ1n) is 11.8. The van der Waals surface area contributed by atoms with Crippen LogP contribution in [0.4, 0.5) is 4.39 Å². The van der Waals surface area contributed by atoms with E-state index < -0.39 is 0 Å². The van der Waals surface area contributed by atoms with Gasteiger partial charge in [-0.25, -0.2) is 14.4 Å². The van der Waals surface area contributed by atoms with Crippen LogP contribution in [0.1, 0.15) is 35.8 Å². The Balaban J connectivity index is 1.41. The van der Waals surface area contributed by atoms with E-state index in [2.05, 4.69) is 9.97 Å². The molecule has 0 radical (unpaired) electrons. The molecule has 8 heteroatoms. The van der Waals surface area contributed by atoms with Gasteiger partial charge in [-0.15, -0.1) is 0 Å². The Hall–Kier alpha value is -4.07. The van der Waals surface area contributed by atoms with Gasteiger partial charge < -0.3 is 9.55 Å². The van der Waals surface area contributed by atoms with E-state index in [1.807, 2.05) is 48.1 Å². The number of H-pyrrole nitrogens is 1. The van der Waals surface area contributed by atoms with Crippen LogP contribution < -0.4 is 5.56 Å². The van der Waals surface area contributed by atoms with Crippen LogP contribution in [-0.2, 0) is 19.9 Å². The minimum atomic E-state index is -0.224. The zero-order chi connectivity index (χ0) is 24.1. The average molecular weight is 469 g/mol.